The minimum absolute atomic E-state index is 0. The highest BCUT2D eigenvalue weighted by Crippen LogP contribution is 2.32. The summed E-state index contributed by atoms with van der Waals surface area (Å²) >= 11 is 0. The molecule has 0 aromatic heterocycles. The van der Waals surface area contributed by atoms with Crippen molar-refractivity contribution in [3.05, 3.63) is 35.9 Å². The number of benzene rings is 1. The molecule has 1 N–H and O–H groups in total. The number of hydrogen-bond acceptors (Lipinski definition) is 2. The Morgan fingerprint density at radius 2 is 2.05 bits per heavy atom. The van der Waals surface area contributed by atoms with Crippen molar-refractivity contribution in [1.82, 2.24) is 10.2 Å². The van der Waals surface area contributed by atoms with Crippen molar-refractivity contribution in [2.75, 3.05) is 19.6 Å². The van der Waals surface area contributed by atoms with Crippen molar-refractivity contribution >= 4 is 18.3 Å². The normalized spacial score (nSPS) is 29.0. The first-order valence-electron chi connectivity index (χ1n) is 7.82. The number of amides is 1. The second kappa shape index (κ2) is 7.28. The minimum Gasteiger partial charge on any atom is -0.339 e. The van der Waals surface area contributed by atoms with Crippen molar-refractivity contribution < 1.29 is 4.79 Å². The maximum absolute atomic E-state index is 12.7. The molecule has 0 bridgehead atoms. The molecule has 2 saturated heterocycles. The summed E-state index contributed by atoms with van der Waals surface area (Å²) in [5.74, 6) is 1.07. The molecule has 3 atom stereocenters. The highest BCUT2D eigenvalue weighted by molar-refractivity contribution is 5.85. The summed E-state index contributed by atoms with van der Waals surface area (Å²) in [6, 6.07) is 11.0. The first kappa shape index (κ1) is 16.3. The van der Waals surface area contributed by atoms with Crippen LogP contribution in [0, 0.1) is 5.92 Å². The summed E-state index contributed by atoms with van der Waals surface area (Å²) in [6.07, 6.45) is 3.27. The van der Waals surface area contributed by atoms with E-state index in [9.17, 15) is 4.79 Å². The lowest BCUT2D eigenvalue weighted by atomic mass is 9.97. The van der Waals surface area contributed by atoms with Gasteiger partial charge in [0.15, 0.2) is 0 Å². The number of rotatable bonds is 2. The van der Waals surface area contributed by atoms with Crippen LogP contribution in [0.15, 0.2) is 30.3 Å². The second-order valence-corrected chi connectivity index (χ2v) is 6.23. The maximum atomic E-state index is 12.7. The molecule has 0 radical (unpaired) electrons. The van der Waals surface area contributed by atoms with E-state index in [1.165, 1.54) is 5.56 Å². The Hall–Kier alpha value is -1.06. The number of nitrogens with one attached hydrogen (secondary N) is 1. The average Bonchev–Trinajstić information content (AvgIpc) is 2.90. The minimum atomic E-state index is 0. The van der Waals surface area contributed by atoms with Gasteiger partial charge >= 0.3 is 0 Å². The zero-order valence-electron chi connectivity index (χ0n) is 12.6. The molecule has 1 aromatic rings. The van der Waals surface area contributed by atoms with Crippen molar-refractivity contribution in [2.24, 2.45) is 5.92 Å². The monoisotopic (exact) mass is 308 g/mol. The van der Waals surface area contributed by atoms with E-state index in [1.807, 2.05) is 0 Å². The summed E-state index contributed by atoms with van der Waals surface area (Å²) in [5.41, 5.74) is 1.37. The molecular weight excluding hydrogens is 284 g/mol. The first-order chi connectivity index (χ1) is 9.75. The Balaban J connectivity index is 0.00000161. The van der Waals surface area contributed by atoms with Crippen LogP contribution in [0.25, 0.3) is 0 Å². The van der Waals surface area contributed by atoms with Crippen molar-refractivity contribution in [3.63, 3.8) is 0 Å². The van der Waals surface area contributed by atoms with Crippen LogP contribution in [-0.2, 0) is 4.79 Å². The molecule has 3 nitrogen and oxygen atoms in total. The largest absolute Gasteiger partial charge is 0.339 e. The number of piperidine rings is 1. The maximum Gasteiger partial charge on any atom is 0.227 e. The molecule has 2 fully saturated rings. The van der Waals surface area contributed by atoms with Crippen LogP contribution in [-0.4, -0.2) is 36.5 Å². The molecule has 3 rings (SSSR count). The van der Waals surface area contributed by atoms with Gasteiger partial charge in [0.05, 0.1) is 5.92 Å². The van der Waals surface area contributed by atoms with E-state index in [-0.39, 0.29) is 18.3 Å². The van der Waals surface area contributed by atoms with Gasteiger partial charge in [0, 0.05) is 25.0 Å². The number of nitrogens with zero attached hydrogens (tertiary/aromatic N) is 1. The van der Waals surface area contributed by atoms with Gasteiger partial charge in [-0.2, -0.15) is 0 Å². The van der Waals surface area contributed by atoms with Gasteiger partial charge in [0.2, 0.25) is 5.91 Å². The average molecular weight is 309 g/mol. The van der Waals surface area contributed by atoms with Crippen molar-refractivity contribution in [3.8, 4) is 0 Å². The van der Waals surface area contributed by atoms with Crippen LogP contribution >= 0.6 is 12.4 Å². The van der Waals surface area contributed by atoms with Crippen LogP contribution in [0.4, 0.5) is 0 Å². The van der Waals surface area contributed by atoms with E-state index in [4.69, 9.17) is 0 Å². The van der Waals surface area contributed by atoms with Crippen molar-refractivity contribution in [1.29, 1.82) is 0 Å². The third-order valence-corrected chi connectivity index (χ3v) is 4.77. The van der Waals surface area contributed by atoms with Crippen LogP contribution in [0.5, 0.6) is 0 Å². The predicted molar refractivity (Wildman–Crippen MR) is 87.8 cm³/mol. The van der Waals surface area contributed by atoms with Gasteiger partial charge in [-0.25, -0.2) is 0 Å². The number of likely N-dealkylation sites (tertiary alicyclic amines) is 1. The third kappa shape index (κ3) is 3.58. The highest BCUT2D eigenvalue weighted by Gasteiger charge is 2.36. The van der Waals surface area contributed by atoms with Gasteiger partial charge in [-0.3, -0.25) is 4.79 Å². The highest BCUT2D eigenvalue weighted by atomic mass is 35.5. The van der Waals surface area contributed by atoms with Gasteiger partial charge in [-0.15, -0.1) is 12.4 Å². The lowest BCUT2D eigenvalue weighted by Crippen LogP contribution is -2.44. The van der Waals surface area contributed by atoms with Crippen LogP contribution in [0.1, 0.15) is 37.7 Å². The van der Waals surface area contributed by atoms with Crippen LogP contribution in [0.2, 0.25) is 0 Å². The Bertz CT molecular complexity index is 459. The number of hydrogen-bond donors (Lipinski definition) is 1. The van der Waals surface area contributed by atoms with E-state index < -0.39 is 0 Å². The fourth-order valence-corrected chi connectivity index (χ4v) is 3.60. The fourth-order valence-electron chi connectivity index (χ4n) is 3.60. The predicted octanol–water partition coefficient (Wildman–Crippen LogP) is 2.81. The SMILES string of the molecule is CC1CC(c2ccccc2)CN1C(=O)C1CCCNC1.Cl. The van der Waals surface area contributed by atoms with E-state index in [0.29, 0.717) is 17.9 Å². The van der Waals surface area contributed by atoms with Crippen LogP contribution in [0.3, 0.4) is 0 Å². The Labute approximate surface area is 133 Å². The first-order valence-corrected chi connectivity index (χ1v) is 7.82. The summed E-state index contributed by atoms with van der Waals surface area (Å²) in [5, 5.41) is 3.35. The molecule has 0 spiro atoms. The molecule has 4 heteroatoms. The summed E-state index contributed by atoms with van der Waals surface area (Å²) in [6.45, 7) is 5.00. The Morgan fingerprint density at radius 3 is 2.71 bits per heavy atom. The molecule has 2 aliphatic rings. The zero-order chi connectivity index (χ0) is 13.9. The molecule has 3 unspecified atom stereocenters. The summed E-state index contributed by atoms with van der Waals surface area (Å²) in [7, 11) is 0. The molecule has 21 heavy (non-hydrogen) atoms. The molecule has 1 amide bonds. The lowest BCUT2D eigenvalue weighted by molar-refractivity contribution is -0.136. The topological polar surface area (TPSA) is 32.3 Å². The van der Waals surface area contributed by atoms with E-state index >= 15 is 0 Å². The van der Waals surface area contributed by atoms with Crippen LogP contribution < -0.4 is 5.32 Å². The summed E-state index contributed by atoms with van der Waals surface area (Å²) in [4.78, 5) is 14.8. The molecule has 2 aliphatic heterocycles. The van der Waals surface area contributed by atoms with Gasteiger partial charge in [-0.05, 0) is 38.3 Å². The van der Waals surface area contributed by atoms with E-state index in [0.717, 1.165) is 38.9 Å². The smallest absolute Gasteiger partial charge is 0.227 e. The number of carbonyl (C=O) groups excluding carboxylic acids is 1. The molecule has 0 aliphatic carbocycles. The van der Waals surface area contributed by atoms with Gasteiger partial charge in [0.25, 0.3) is 0 Å². The fraction of sp³-hybridized carbons (Fsp3) is 0.588. The lowest BCUT2D eigenvalue weighted by Gasteiger charge is -2.29. The molecule has 1 aromatic carbocycles. The van der Waals surface area contributed by atoms with E-state index in [2.05, 4.69) is 47.5 Å². The molecule has 2 heterocycles. The second-order valence-electron chi connectivity index (χ2n) is 6.23. The van der Waals surface area contributed by atoms with E-state index in [1.54, 1.807) is 0 Å². The van der Waals surface area contributed by atoms with Crippen molar-refractivity contribution in [2.45, 2.75) is 38.1 Å². The molecule has 116 valence electrons. The van der Waals surface area contributed by atoms with Gasteiger partial charge < -0.3 is 10.2 Å². The quantitative estimate of drug-likeness (QED) is 0.911. The summed E-state index contributed by atoms with van der Waals surface area (Å²) < 4.78 is 0. The Morgan fingerprint density at radius 1 is 1.29 bits per heavy atom. The van der Waals surface area contributed by atoms with Gasteiger partial charge in [0.1, 0.15) is 0 Å². The molecule has 0 saturated carbocycles. The number of carbonyl (C=O) groups is 1. The standard InChI is InChI=1S/C17H24N2O.ClH/c1-13-10-16(14-6-3-2-4-7-14)12-19(13)17(20)15-8-5-9-18-11-15;/h2-4,6-7,13,15-16,18H,5,8-12H2,1H3;1H. The van der Waals surface area contributed by atoms with Gasteiger partial charge in [-0.1, -0.05) is 30.3 Å². The zero-order valence-corrected chi connectivity index (χ0v) is 13.4. The Kier molecular flexibility index (Phi) is 5.65. The third-order valence-electron chi connectivity index (χ3n) is 4.77. The number of halogens is 1. The molecular formula is C17H25ClN2O.